The van der Waals surface area contributed by atoms with Crippen LogP contribution in [-0.2, 0) is 0 Å². The largest absolute Gasteiger partial charge is 0.234 e. The maximum atomic E-state index is 4.75. The lowest BCUT2D eigenvalue weighted by molar-refractivity contribution is 0.405. The molecule has 0 aliphatic carbocycles. The zero-order valence-electron chi connectivity index (χ0n) is 9.39. The van der Waals surface area contributed by atoms with E-state index in [0.717, 1.165) is 6.54 Å². The zero-order valence-corrected chi connectivity index (χ0v) is 9.39. The predicted molar refractivity (Wildman–Crippen MR) is 67.5 cm³/mol. The van der Waals surface area contributed by atoms with Gasteiger partial charge < -0.3 is 0 Å². The van der Waals surface area contributed by atoms with Crippen LogP contribution in [0.2, 0.25) is 0 Å². The van der Waals surface area contributed by atoms with Gasteiger partial charge in [0, 0.05) is 6.54 Å². The van der Waals surface area contributed by atoms with Crippen LogP contribution in [0.3, 0.4) is 0 Å². The van der Waals surface area contributed by atoms with Gasteiger partial charge in [0.25, 0.3) is 0 Å². The summed E-state index contributed by atoms with van der Waals surface area (Å²) in [7, 11) is 0. The fourth-order valence-electron chi connectivity index (χ4n) is 2.58. The quantitative estimate of drug-likeness (QED) is 0.682. The molecule has 1 aliphatic heterocycles. The van der Waals surface area contributed by atoms with Crippen LogP contribution >= 0.6 is 0 Å². The van der Waals surface area contributed by atoms with Crippen LogP contribution in [0.1, 0.15) is 30.9 Å². The van der Waals surface area contributed by atoms with Crippen molar-refractivity contribution >= 4 is 10.8 Å². The minimum absolute atomic E-state index is 0.430. The van der Waals surface area contributed by atoms with E-state index in [9.17, 15) is 0 Å². The molecule has 2 aromatic rings. The Morgan fingerprint density at radius 2 is 1.81 bits per heavy atom. The molecule has 2 aromatic carbocycles. The van der Waals surface area contributed by atoms with Gasteiger partial charge in [-0.3, -0.25) is 0 Å². The molecular weight excluding hydrogens is 194 g/mol. The number of fused-ring (bicyclic) bond motifs is 1. The predicted octanol–water partition coefficient (Wildman–Crippen LogP) is 3.67. The van der Waals surface area contributed by atoms with E-state index in [1.807, 2.05) is 0 Å². The minimum atomic E-state index is 0.430. The van der Waals surface area contributed by atoms with Gasteiger partial charge >= 0.3 is 0 Å². The highest BCUT2D eigenvalue weighted by Crippen LogP contribution is 2.30. The molecule has 1 saturated heterocycles. The van der Waals surface area contributed by atoms with Gasteiger partial charge in [0.15, 0.2) is 0 Å². The average Bonchev–Trinajstić information content (AvgIpc) is 2.39. The van der Waals surface area contributed by atoms with Crippen LogP contribution in [0.25, 0.3) is 10.8 Å². The van der Waals surface area contributed by atoms with Crippen molar-refractivity contribution in [3.8, 4) is 0 Å². The van der Waals surface area contributed by atoms with Crippen molar-refractivity contribution in [2.24, 2.45) is 0 Å². The minimum Gasteiger partial charge on any atom is -0.234 e. The van der Waals surface area contributed by atoms with Crippen LogP contribution in [0.4, 0.5) is 0 Å². The first-order chi connectivity index (χ1) is 7.95. The molecular formula is C15H16N. The third-order valence-electron chi connectivity index (χ3n) is 3.42. The summed E-state index contributed by atoms with van der Waals surface area (Å²) in [6, 6.07) is 15.6. The first kappa shape index (κ1) is 9.86. The summed E-state index contributed by atoms with van der Waals surface area (Å²) in [5.41, 5.74) is 1.41. The highest BCUT2D eigenvalue weighted by molar-refractivity contribution is 5.86. The third-order valence-corrected chi connectivity index (χ3v) is 3.42. The molecule has 3 rings (SSSR count). The van der Waals surface area contributed by atoms with Gasteiger partial charge in [0.2, 0.25) is 0 Å². The molecule has 1 unspecified atom stereocenters. The van der Waals surface area contributed by atoms with Crippen molar-refractivity contribution in [1.29, 1.82) is 0 Å². The fraction of sp³-hybridized carbons (Fsp3) is 0.333. The average molecular weight is 210 g/mol. The summed E-state index contributed by atoms with van der Waals surface area (Å²) in [5.74, 6) is 0. The van der Waals surface area contributed by atoms with E-state index in [-0.39, 0.29) is 0 Å². The van der Waals surface area contributed by atoms with Crippen molar-refractivity contribution in [1.82, 2.24) is 5.32 Å². The highest BCUT2D eigenvalue weighted by Gasteiger charge is 2.17. The number of hydrogen-bond acceptors (Lipinski definition) is 0. The molecule has 1 heteroatoms. The third kappa shape index (κ3) is 1.72. The topological polar surface area (TPSA) is 14.1 Å². The van der Waals surface area contributed by atoms with Gasteiger partial charge in [0.05, 0.1) is 6.04 Å². The SMILES string of the molecule is c1ccc2c(C3CCCC[N]3)cccc2c1. The van der Waals surface area contributed by atoms with Crippen LogP contribution < -0.4 is 5.32 Å². The fourth-order valence-corrected chi connectivity index (χ4v) is 2.58. The van der Waals surface area contributed by atoms with Gasteiger partial charge in [-0.2, -0.15) is 0 Å². The van der Waals surface area contributed by atoms with Gasteiger partial charge in [0.1, 0.15) is 0 Å². The summed E-state index contributed by atoms with van der Waals surface area (Å²) in [4.78, 5) is 0. The van der Waals surface area contributed by atoms with E-state index in [4.69, 9.17) is 5.32 Å². The van der Waals surface area contributed by atoms with Crippen molar-refractivity contribution in [2.45, 2.75) is 25.3 Å². The molecule has 0 spiro atoms. The highest BCUT2D eigenvalue weighted by atomic mass is 14.9. The van der Waals surface area contributed by atoms with Gasteiger partial charge in [-0.1, -0.05) is 48.9 Å². The second-order valence-corrected chi connectivity index (χ2v) is 4.49. The van der Waals surface area contributed by atoms with Gasteiger partial charge in [-0.15, -0.1) is 0 Å². The van der Waals surface area contributed by atoms with E-state index < -0.39 is 0 Å². The first-order valence-electron chi connectivity index (χ1n) is 6.09. The van der Waals surface area contributed by atoms with Crippen LogP contribution in [0, 0.1) is 0 Å². The number of benzene rings is 2. The molecule has 0 N–H and O–H groups in total. The first-order valence-corrected chi connectivity index (χ1v) is 6.09. The molecule has 0 aromatic heterocycles. The number of hydrogen-bond donors (Lipinski definition) is 0. The van der Waals surface area contributed by atoms with Crippen molar-refractivity contribution in [3.05, 3.63) is 48.0 Å². The Labute approximate surface area is 96.5 Å². The van der Waals surface area contributed by atoms with Crippen LogP contribution in [0.15, 0.2) is 42.5 Å². The van der Waals surface area contributed by atoms with E-state index in [2.05, 4.69) is 42.5 Å². The molecule has 1 aliphatic rings. The molecule has 0 bridgehead atoms. The molecule has 0 amide bonds. The number of nitrogens with zero attached hydrogens (tertiary/aromatic N) is 1. The Kier molecular flexibility index (Phi) is 2.63. The second kappa shape index (κ2) is 4.26. The number of piperidine rings is 1. The maximum absolute atomic E-state index is 4.75. The zero-order chi connectivity index (χ0) is 10.8. The molecule has 81 valence electrons. The molecule has 1 radical (unpaired) electrons. The van der Waals surface area contributed by atoms with Crippen molar-refractivity contribution in [2.75, 3.05) is 6.54 Å². The monoisotopic (exact) mass is 210 g/mol. The number of rotatable bonds is 1. The summed E-state index contributed by atoms with van der Waals surface area (Å²) >= 11 is 0. The maximum Gasteiger partial charge on any atom is 0.0501 e. The van der Waals surface area contributed by atoms with E-state index in [1.165, 1.54) is 35.6 Å². The van der Waals surface area contributed by atoms with Crippen LogP contribution in [0.5, 0.6) is 0 Å². The van der Waals surface area contributed by atoms with E-state index >= 15 is 0 Å². The standard InChI is InChI=1S/C15H16N/c1-2-8-13-12(6-1)7-5-9-14(13)15-10-3-4-11-16-15/h1-2,5-9,15H,3-4,10-11H2. The Hall–Kier alpha value is -1.34. The molecule has 16 heavy (non-hydrogen) atoms. The molecule has 1 nitrogen and oxygen atoms in total. The lowest BCUT2D eigenvalue weighted by atomic mass is 9.93. The molecule has 1 fully saturated rings. The van der Waals surface area contributed by atoms with Crippen molar-refractivity contribution < 1.29 is 0 Å². The van der Waals surface area contributed by atoms with Crippen molar-refractivity contribution in [3.63, 3.8) is 0 Å². The lowest BCUT2D eigenvalue weighted by Crippen LogP contribution is -2.20. The normalized spacial score (nSPS) is 21.1. The van der Waals surface area contributed by atoms with Gasteiger partial charge in [-0.05, 0) is 29.2 Å². The summed E-state index contributed by atoms with van der Waals surface area (Å²) in [5, 5.41) is 7.46. The summed E-state index contributed by atoms with van der Waals surface area (Å²) < 4.78 is 0. The molecule has 1 atom stereocenters. The van der Waals surface area contributed by atoms with E-state index in [1.54, 1.807) is 0 Å². The Morgan fingerprint density at radius 3 is 2.69 bits per heavy atom. The smallest absolute Gasteiger partial charge is 0.0501 e. The summed E-state index contributed by atoms with van der Waals surface area (Å²) in [6.45, 7) is 1.04. The van der Waals surface area contributed by atoms with Crippen LogP contribution in [-0.4, -0.2) is 6.54 Å². The Bertz CT molecular complexity index is 478. The Balaban J connectivity index is 2.08. The molecule has 1 heterocycles. The summed E-state index contributed by atoms with van der Waals surface area (Å²) in [6.07, 6.45) is 3.80. The lowest BCUT2D eigenvalue weighted by Gasteiger charge is -2.23. The van der Waals surface area contributed by atoms with Gasteiger partial charge in [-0.25, -0.2) is 5.32 Å². The Morgan fingerprint density at radius 1 is 0.938 bits per heavy atom. The second-order valence-electron chi connectivity index (χ2n) is 4.49. The molecule has 0 saturated carbocycles. The van der Waals surface area contributed by atoms with E-state index in [0.29, 0.717) is 6.04 Å².